The zero-order chi connectivity index (χ0) is 13.9. The fraction of sp³-hybridized carbons (Fsp3) is 0.533. The van der Waals surface area contributed by atoms with Crippen molar-refractivity contribution in [3.8, 4) is 0 Å². The molecule has 1 aromatic rings. The van der Waals surface area contributed by atoms with E-state index < -0.39 is 11.4 Å². The lowest BCUT2D eigenvalue weighted by Gasteiger charge is -2.28. The van der Waals surface area contributed by atoms with Crippen LogP contribution in [-0.2, 0) is 10.2 Å². The molecule has 0 heterocycles. The van der Waals surface area contributed by atoms with Crippen LogP contribution in [0.2, 0.25) is 0 Å². The molecule has 0 aromatic heterocycles. The van der Waals surface area contributed by atoms with Crippen LogP contribution in [0, 0.1) is 13.8 Å². The van der Waals surface area contributed by atoms with Gasteiger partial charge in [0.25, 0.3) is 0 Å². The standard InChI is InChI=1S/C15H23NO2/c1-11-6-7-13(12(2)10-11)15(3,14(17)18)8-9-16(4)5/h6-7,10H,8-9H2,1-5H3,(H,17,18). The van der Waals surface area contributed by atoms with E-state index in [1.165, 1.54) is 0 Å². The molecule has 1 N–H and O–H groups in total. The summed E-state index contributed by atoms with van der Waals surface area (Å²) in [5, 5.41) is 9.57. The van der Waals surface area contributed by atoms with Crippen LogP contribution in [0.3, 0.4) is 0 Å². The Balaban J connectivity index is 3.14. The van der Waals surface area contributed by atoms with Crippen molar-refractivity contribution >= 4 is 5.97 Å². The molecule has 0 spiro atoms. The average Bonchev–Trinajstić information content (AvgIpc) is 2.25. The Morgan fingerprint density at radius 2 is 1.94 bits per heavy atom. The number of hydrogen-bond donors (Lipinski definition) is 1. The molecule has 0 aliphatic carbocycles. The summed E-state index contributed by atoms with van der Waals surface area (Å²) in [6.45, 7) is 6.58. The summed E-state index contributed by atoms with van der Waals surface area (Å²) in [6, 6.07) is 5.99. The van der Waals surface area contributed by atoms with Crippen molar-refractivity contribution in [2.24, 2.45) is 0 Å². The summed E-state index contributed by atoms with van der Waals surface area (Å²) in [4.78, 5) is 13.7. The van der Waals surface area contributed by atoms with Gasteiger partial charge < -0.3 is 10.0 Å². The maximum absolute atomic E-state index is 11.7. The van der Waals surface area contributed by atoms with Crippen molar-refractivity contribution in [1.29, 1.82) is 0 Å². The molecule has 100 valence electrons. The molecular weight excluding hydrogens is 226 g/mol. The molecule has 3 nitrogen and oxygen atoms in total. The minimum Gasteiger partial charge on any atom is -0.481 e. The van der Waals surface area contributed by atoms with Gasteiger partial charge in [-0.05, 0) is 59.0 Å². The van der Waals surface area contributed by atoms with Gasteiger partial charge in [0.05, 0.1) is 5.41 Å². The van der Waals surface area contributed by atoms with Crippen LogP contribution >= 0.6 is 0 Å². The first-order valence-electron chi connectivity index (χ1n) is 6.23. The molecule has 3 heteroatoms. The molecular formula is C15H23NO2. The second kappa shape index (κ2) is 5.53. The van der Waals surface area contributed by atoms with Gasteiger partial charge in [-0.1, -0.05) is 23.8 Å². The summed E-state index contributed by atoms with van der Waals surface area (Å²) in [6.07, 6.45) is 0.610. The fourth-order valence-electron chi connectivity index (χ4n) is 2.24. The zero-order valence-corrected chi connectivity index (χ0v) is 11.9. The first-order chi connectivity index (χ1) is 8.27. The van der Waals surface area contributed by atoms with Gasteiger partial charge in [0.15, 0.2) is 0 Å². The number of aryl methyl sites for hydroxylation is 2. The van der Waals surface area contributed by atoms with Crippen LogP contribution in [0.25, 0.3) is 0 Å². The van der Waals surface area contributed by atoms with E-state index in [4.69, 9.17) is 0 Å². The van der Waals surface area contributed by atoms with Crippen molar-refractivity contribution in [3.63, 3.8) is 0 Å². The molecule has 1 atom stereocenters. The van der Waals surface area contributed by atoms with E-state index in [0.29, 0.717) is 6.42 Å². The molecule has 18 heavy (non-hydrogen) atoms. The number of hydrogen-bond acceptors (Lipinski definition) is 2. The lowest BCUT2D eigenvalue weighted by Crippen LogP contribution is -2.36. The summed E-state index contributed by atoms with van der Waals surface area (Å²) >= 11 is 0. The number of carboxylic acid groups (broad SMARTS) is 1. The fourth-order valence-corrected chi connectivity index (χ4v) is 2.24. The van der Waals surface area contributed by atoms with Crippen LogP contribution in [0.5, 0.6) is 0 Å². The normalized spacial score (nSPS) is 14.6. The molecule has 0 fully saturated rings. The SMILES string of the molecule is Cc1ccc(C(C)(CCN(C)C)C(=O)O)c(C)c1. The molecule has 0 aliphatic rings. The maximum Gasteiger partial charge on any atom is 0.313 e. The maximum atomic E-state index is 11.7. The first kappa shape index (κ1) is 14.7. The number of benzene rings is 1. The van der Waals surface area contributed by atoms with Gasteiger partial charge in [-0.15, -0.1) is 0 Å². The third kappa shape index (κ3) is 3.10. The highest BCUT2D eigenvalue weighted by molar-refractivity contribution is 5.81. The molecule has 0 saturated carbocycles. The summed E-state index contributed by atoms with van der Waals surface area (Å²) in [5.74, 6) is -0.753. The number of rotatable bonds is 5. The van der Waals surface area contributed by atoms with E-state index >= 15 is 0 Å². The van der Waals surface area contributed by atoms with Gasteiger partial charge in [0, 0.05) is 0 Å². The van der Waals surface area contributed by atoms with Crippen LogP contribution in [-0.4, -0.2) is 36.6 Å². The molecule has 0 radical (unpaired) electrons. The quantitative estimate of drug-likeness (QED) is 0.872. The van der Waals surface area contributed by atoms with Gasteiger partial charge >= 0.3 is 5.97 Å². The van der Waals surface area contributed by atoms with Gasteiger partial charge in [-0.25, -0.2) is 0 Å². The van der Waals surface area contributed by atoms with Crippen molar-refractivity contribution in [2.45, 2.75) is 32.6 Å². The highest BCUT2D eigenvalue weighted by Gasteiger charge is 2.36. The minimum absolute atomic E-state index is 0.610. The molecule has 0 saturated heterocycles. The molecule has 0 bridgehead atoms. The Labute approximate surface area is 109 Å². The van der Waals surface area contributed by atoms with E-state index in [0.717, 1.165) is 23.2 Å². The smallest absolute Gasteiger partial charge is 0.313 e. The van der Waals surface area contributed by atoms with Gasteiger partial charge in [0.2, 0.25) is 0 Å². The molecule has 0 aliphatic heterocycles. The number of carboxylic acids is 1. The minimum atomic E-state index is -0.817. The third-order valence-corrected chi connectivity index (χ3v) is 3.51. The molecule has 1 rings (SSSR count). The highest BCUT2D eigenvalue weighted by Crippen LogP contribution is 2.31. The van der Waals surface area contributed by atoms with E-state index in [9.17, 15) is 9.90 Å². The van der Waals surface area contributed by atoms with Gasteiger partial charge in [-0.2, -0.15) is 0 Å². The molecule has 1 unspecified atom stereocenters. The lowest BCUT2D eigenvalue weighted by atomic mass is 9.77. The summed E-state index contributed by atoms with van der Waals surface area (Å²) < 4.78 is 0. The van der Waals surface area contributed by atoms with E-state index in [2.05, 4.69) is 0 Å². The van der Waals surface area contributed by atoms with Crippen molar-refractivity contribution < 1.29 is 9.90 Å². The van der Waals surface area contributed by atoms with Gasteiger partial charge in [-0.3, -0.25) is 4.79 Å². The topological polar surface area (TPSA) is 40.5 Å². The average molecular weight is 249 g/mol. The number of nitrogens with zero attached hydrogens (tertiary/aromatic N) is 1. The molecule has 0 amide bonds. The Bertz CT molecular complexity index is 440. The monoisotopic (exact) mass is 249 g/mol. The van der Waals surface area contributed by atoms with Gasteiger partial charge in [0.1, 0.15) is 0 Å². The Morgan fingerprint density at radius 1 is 1.33 bits per heavy atom. The summed E-state index contributed by atoms with van der Waals surface area (Å²) in [5.41, 5.74) is 2.32. The van der Waals surface area contributed by atoms with Crippen LogP contribution in [0.15, 0.2) is 18.2 Å². The second-order valence-electron chi connectivity index (χ2n) is 5.51. The third-order valence-electron chi connectivity index (χ3n) is 3.51. The predicted molar refractivity (Wildman–Crippen MR) is 74.1 cm³/mol. The lowest BCUT2D eigenvalue weighted by molar-refractivity contribution is -0.143. The zero-order valence-electron chi connectivity index (χ0n) is 11.9. The Hall–Kier alpha value is -1.35. The first-order valence-corrected chi connectivity index (χ1v) is 6.23. The Kier molecular flexibility index (Phi) is 4.52. The molecule has 1 aromatic carbocycles. The predicted octanol–water partition coefficient (Wildman–Crippen LogP) is 2.60. The van der Waals surface area contributed by atoms with Crippen LogP contribution in [0.4, 0.5) is 0 Å². The van der Waals surface area contributed by atoms with Crippen LogP contribution in [0.1, 0.15) is 30.0 Å². The number of carbonyl (C=O) groups is 1. The van der Waals surface area contributed by atoms with Crippen LogP contribution < -0.4 is 0 Å². The second-order valence-corrected chi connectivity index (χ2v) is 5.51. The highest BCUT2D eigenvalue weighted by atomic mass is 16.4. The number of aliphatic carboxylic acids is 1. The van der Waals surface area contributed by atoms with E-state index in [1.807, 2.05) is 58.0 Å². The van der Waals surface area contributed by atoms with E-state index in [1.54, 1.807) is 0 Å². The van der Waals surface area contributed by atoms with Crippen molar-refractivity contribution in [1.82, 2.24) is 4.90 Å². The Morgan fingerprint density at radius 3 is 2.39 bits per heavy atom. The van der Waals surface area contributed by atoms with Crippen molar-refractivity contribution in [3.05, 3.63) is 34.9 Å². The largest absolute Gasteiger partial charge is 0.481 e. The van der Waals surface area contributed by atoms with E-state index in [-0.39, 0.29) is 0 Å². The van der Waals surface area contributed by atoms with Crippen molar-refractivity contribution in [2.75, 3.05) is 20.6 Å². The summed E-state index contributed by atoms with van der Waals surface area (Å²) in [7, 11) is 3.93.